The summed E-state index contributed by atoms with van der Waals surface area (Å²) >= 11 is 0. The van der Waals surface area contributed by atoms with Gasteiger partial charge in [0, 0.05) is 24.8 Å². The van der Waals surface area contributed by atoms with Crippen LogP contribution in [0.15, 0.2) is 36.9 Å². The molecule has 2 amide bonds. The van der Waals surface area contributed by atoms with E-state index in [0.717, 1.165) is 18.5 Å². The van der Waals surface area contributed by atoms with E-state index < -0.39 is 0 Å². The van der Waals surface area contributed by atoms with Gasteiger partial charge >= 0.3 is 0 Å². The van der Waals surface area contributed by atoms with Crippen molar-refractivity contribution in [3.8, 4) is 0 Å². The Labute approximate surface area is 133 Å². The van der Waals surface area contributed by atoms with Crippen LogP contribution in [0.3, 0.4) is 0 Å². The molecule has 3 rings (SSSR count). The standard InChI is InChI=1S/C16H17N5O2/c1-3-14(22)20(2)12-8-6-11(7-9-12)16(23)21-10-4-5-13-15(21)18-19-17-13/h3,6-9H,1,4-5,10H2,2H3,(H,17,18,19). The number of carbonyl (C=O) groups excluding carboxylic acids is 2. The molecule has 0 radical (unpaired) electrons. The van der Waals surface area contributed by atoms with E-state index in [0.29, 0.717) is 23.6 Å². The van der Waals surface area contributed by atoms with Gasteiger partial charge in [0.2, 0.25) is 5.91 Å². The first-order valence-electron chi connectivity index (χ1n) is 7.33. The summed E-state index contributed by atoms with van der Waals surface area (Å²) in [4.78, 5) is 27.4. The second-order valence-electron chi connectivity index (χ2n) is 5.30. The van der Waals surface area contributed by atoms with Crippen LogP contribution in [0, 0.1) is 0 Å². The van der Waals surface area contributed by atoms with E-state index in [9.17, 15) is 9.59 Å². The van der Waals surface area contributed by atoms with E-state index in [1.54, 1.807) is 36.2 Å². The van der Waals surface area contributed by atoms with Crippen molar-refractivity contribution in [1.82, 2.24) is 15.4 Å². The summed E-state index contributed by atoms with van der Waals surface area (Å²) in [6, 6.07) is 6.89. The Bertz CT molecular complexity index is 750. The number of hydrogen-bond acceptors (Lipinski definition) is 4. The maximum Gasteiger partial charge on any atom is 0.259 e. The number of hydrogen-bond donors (Lipinski definition) is 1. The maximum atomic E-state index is 12.7. The maximum absolute atomic E-state index is 12.7. The van der Waals surface area contributed by atoms with Gasteiger partial charge < -0.3 is 4.90 Å². The molecular formula is C16H17N5O2. The lowest BCUT2D eigenvalue weighted by Gasteiger charge is -2.24. The largest absolute Gasteiger partial charge is 0.312 e. The van der Waals surface area contributed by atoms with E-state index in [1.807, 2.05) is 0 Å². The Hall–Kier alpha value is -2.96. The third-order valence-electron chi connectivity index (χ3n) is 3.90. The molecule has 0 spiro atoms. The molecule has 0 unspecified atom stereocenters. The van der Waals surface area contributed by atoms with E-state index in [2.05, 4.69) is 22.0 Å². The summed E-state index contributed by atoms with van der Waals surface area (Å²) in [7, 11) is 1.66. The van der Waals surface area contributed by atoms with Crippen molar-refractivity contribution in [3.05, 3.63) is 48.2 Å². The van der Waals surface area contributed by atoms with Crippen molar-refractivity contribution in [2.24, 2.45) is 0 Å². The molecule has 1 aromatic heterocycles. The second-order valence-corrected chi connectivity index (χ2v) is 5.30. The predicted molar refractivity (Wildman–Crippen MR) is 86.4 cm³/mol. The number of rotatable bonds is 3. The summed E-state index contributed by atoms with van der Waals surface area (Å²) in [6.45, 7) is 4.08. The summed E-state index contributed by atoms with van der Waals surface area (Å²) in [6.07, 6.45) is 2.93. The molecule has 2 aromatic rings. The number of amides is 2. The molecule has 0 saturated heterocycles. The molecule has 1 aromatic carbocycles. The lowest BCUT2D eigenvalue weighted by molar-refractivity contribution is -0.113. The molecule has 1 aliphatic heterocycles. The molecule has 1 N–H and O–H groups in total. The Kier molecular flexibility index (Phi) is 3.92. The minimum Gasteiger partial charge on any atom is -0.312 e. The van der Waals surface area contributed by atoms with Crippen molar-refractivity contribution < 1.29 is 9.59 Å². The SMILES string of the molecule is C=CC(=O)N(C)c1ccc(C(=O)N2CCCc3n[nH]nc32)cc1. The van der Waals surface area contributed by atoms with E-state index in [-0.39, 0.29) is 11.8 Å². The molecule has 2 heterocycles. The summed E-state index contributed by atoms with van der Waals surface area (Å²) in [5.41, 5.74) is 2.06. The van der Waals surface area contributed by atoms with Gasteiger partial charge in [0.25, 0.3) is 5.91 Å². The van der Waals surface area contributed by atoms with Crippen molar-refractivity contribution in [3.63, 3.8) is 0 Å². The average Bonchev–Trinajstić information content (AvgIpc) is 3.08. The van der Waals surface area contributed by atoms with Gasteiger partial charge in [-0.25, -0.2) is 0 Å². The normalized spacial score (nSPS) is 13.3. The number of aromatic amines is 1. The molecular weight excluding hydrogens is 294 g/mol. The van der Waals surface area contributed by atoms with Crippen LogP contribution in [0.25, 0.3) is 0 Å². The molecule has 0 saturated carbocycles. The number of nitrogens with one attached hydrogen (secondary N) is 1. The third kappa shape index (κ3) is 2.73. The highest BCUT2D eigenvalue weighted by Crippen LogP contribution is 2.24. The topological polar surface area (TPSA) is 82.2 Å². The summed E-state index contributed by atoms with van der Waals surface area (Å²) < 4.78 is 0. The molecule has 0 aliphatic carbocycles. The van der Waals surface area contributed by atoms with Gasteiger partial charge in [-0.3, -0.25) is 14.5 Å². The number of aryl methyl sites for hydroxylation is 1. The number of fused-ring (bicyclic) bond motifs is 1. The number of carbonyl (C=O) groups is 2. The molecule has 0 fully saturated rings. The van der Waals surface area contributed by atoms with Crippen molar-refractivity contribution in [1.29, 1.82) is 0 Å². The van der Waals surface area contributed by atoms with Gasteiger partial charge in [-0.1, -0.05) is 6.58 Å². The quantitative estimate of drug-likeness (QED) is 0.872. The van der Waals surface area contributed by atoms with Crippen LogP contribution in [-0.4, -0.2) is 40.8 Å². The van der Waals surface area contributed by atoms with Crippen LogP contribution in [0.4, 0.5) is 11.5 Å². The molecule has 23 heavy (non-hydrogen) atoms. The third-order valence-corrected chi connectivity index (χ3v) is 3.90. The van der Waals surface area contributed by atoms with E-state index >= 15 is 0 Å². The number of aromatic nitrogens is 3. The monoisotopic (exact) mass is 311 g/mol. The Morgan fingerprint density at radius 1 is 1.30 bits per heavy atom. The van der Waals surface area contributed by atoms with Crippen LogP contribution >= 0.6 is 0 Å². The Morgan fingerprint density at radius 2 is 2.04 bits per heavy atom. The zero-order valence-electron chi connectivity index (χ0n) is 12.8. The molecule has 7 nitrogen and oxygen atoms in total. The second kappa shape index (κ2) is 6.04. The number of benzene rings is 1. The highest BCUT2D eigenvalue weighted by Gasteiger charge is 2.26. The van der Waals surface area contributed by atoms with Crippen LogP contribution in [0.2, 0.25) is 0 Å². The molecule has 7 heteroatoms. The first-order chi connectivity index (χ1) is 11.1. The fourth-order valence-corrected chi connectivity index (χ4v) is 2.59. The van der Waals surface area contributed by atoms with Gasteiger partial charge in [0.15, 0.2) is 5.82 Å². The Balaban J connectivity index is 1.82. The zero-order chi connectivity index (χ0) is 16.4. The van der Waals surface area contributed by atoms with Crippen LogP contribution in [0.1, 0.15) is 22.5 Å². The molecule has 0 bridgehead atoms. The lowest BCUT2D eigenvalue weighted by Crippen LogP contribution is -2.35. The fourth-order valence-electron chi connectivity index (χ4n) is 2.59. The fraction of sp³-hybridized carbons (Fsp3) is 0.250. The van der Waals surface area contributed by atoms with Gasteiger partial charge in [-0.2, -0.15) is 10.3 Å². The minimum atomic E-state index is -0.202. The van der Waals surface area contributed by atoms with Crippen LogP contribution in [-0.2, 0) is 11.2 Å². The van der Waals surface area contributed by atoms with Gasteiger partial charge in [0.1, 0.15) is 5.69 Å². The first-order valence-corrected chi connectivity index (χ1v) is 7.33. The number of anilines is 2. The minimum absolute atomic E-state index is 0.121. The zero-order valence-corrected chi connectivity index (χ0v) is 12.8. The van der Waals surface area contributed by atoms with Gasteiger partial charge in [-0.15, -0.1) is 5.10 Å². The number of nitrogens with zero attached hydrogens (tertiary/aromatic N) is 4. The van der Waals surface area contributed by atoms with Crippen LogP contribution in [0.5, 0.6) is 0 Å². The van der Waals surface area contributed by atoms with E-state index in [4.69, 9.17) is 0 Å². The number of likely N-dealkylation sites (N-methyl/N-ethyl adjacent to an activating group) is 1. The van der Waals surface area contributed by atoms with Gasteiger partial charge in [-0.05, 0) is 43.2 Å². The smallest absolute Gasteiger partial charge is 0.259 e. The predicted octanol–water partition coefficient (Wildman–Crippen LogP) is 1.55. The van der Waals surface area contributed by atoms with Crippen molar-refractivity contribution in [2.75, 3.05) is 23.4 Å². The summed E-state index contributed by atoms with van der Waals surface area (Å²) in [5.74, 6) is 0.278. The molecule has 0 atom stereocenters. The lowest BCUT2D eigenvalue weighted by atomic mass is 10.1. The average molecular weight is 311 g/mol. The number of H-pyrrole nitrogens is 1. The van der Waals surface area contributed by atoms with Gasteiger partial charge in [0.05, 0.1) is 0 Å². The molecule has 118 valence electrons. The Morgan fingerprint density at radius 3 is 2.74 bits per heavy atom. The summed E-state index contributed by atoms with van der Waals surface area (Å²) in [5, 5.41) is 10.7. The highest BCUT2D eigenvalue weighted by atomic mass is 16.2. The van der Waals surface area contributed by atoms with Crippen LogP contribution < -0.4 is 9.80 Å². The first kappa shape index (κ1) is 15.0. The van der Waals surface area contributed by atoms with Crippen molar-refractivity contribution >= 4 is 23.3 Å². The van der Waals surface area contributed by atoms with Crippen molar-refractivity contribution in [2.45, 2.75) is 12.8 Å². The van der Waals surface area contributed by atoms with E-state index in [1.165, 1.54) is 11.0 Å². The highest BCUT2D eigenvalue weighted by molar-refractivity contribution is 6.06. The molecule has 1 aliphatic rings.